The molecule has 1 aliphatic rings. The molecular formula is C17H16N4O2S. The van der Waals surface area contributed by atoms with E-state index in [0.717, 1.165) is 22.6 Å². The second kappa shape index (κ2) is 5.17. The van der Waals surface area contributed by atoms with Crippen molar-refractivity contribution in [2.24, 2.45) is 0 Å². The van der Waals surface area contributed by atoms with Gasteiger partial charge in [0, 0.05) is 6.20 Å². The summed E-state index contributed by atoms with van der Waals surface area (Å²) in [4.78, 5) is 31.1. The number of imidazole rings is 1. The van der Waals surface area contributed by atoms with Gasteiger partial charge in [-0.15, -0.1) is 0 Å². The van der Waals surface area contributed by atoms with Crippen LogP contribution in [0.2, 0.25) is 0 Å². The first-order chi connectivity index (χ1) is 11.5. The Hall–Kier alpha value is -2.67. The van der Waals surface area contributed by atoms with Gasteiger partial charge in [0.25, 0.3) is 5.91 Å². The number of aromatic nitrogens is 2. The van der Waals surface area contributed by atoms with Crippen LogP contribution in [0.1, 0.15) is 23.9 Å². The number of nitrogens with one attached hydrogen (secondary N) is 1. The third-order valence-corrected chi connectivity index (χ3v) is 5.19. The van der Waals surface area contributed by atoms with Crippen LogP contribution in [-0.2, 0) is 16.9 Å². The van der Waals surface area contributed by atoms with Crippen LogP contribution in [0.3, 0.4) is 0 Å². The molecule has 0 saturated carbocycles. The number of aryl methyl sites for hydroxylation is 1. The molecule has 7 heteroatoms. The number of pyridine rings is 1. The largest absolute Gasteiger partial charge is 0.325 e. The highest BCUT2D eigenvalue weighted by Gasteiger charge is 2.49. The van der Waals surface area contributed by atoms with Gasteiger partial charge in [0.05, 0.1) is 17.9 Å². The summed E-state index contributed by atoms with van der Waals surface area (Å²) in [6.07, 6.45) is 1.89. The van der Waals surface area contributed by atoms with Crippen LogP contribution in [0.5, 0.6) is 0 Å². The zero-order valence-corrected chi connectivity index (χ0v) is 14.1. The quantitative estimate of drug-likeness (QED) is 0.746. The molecule has 4 heterocycles. The minimum Gasteiger partial charge on any atom is -0.319 e. The number of amides is 3. The number of urea groups is 1. The van der Waals surface area contributed by atoms with Crippen LogP contribution < -0.4 is 5.32 Å². The van der Waals surface area contributed by atoms with E-state index in [-0.39, 0.29) is 18.5 Å². The fraction of sp³-hybridized carbons (Fsp3) is 0.235. The van der Waals surface area contributed by atoms with Gasteiger partial charge >= 0.3 is 6.03 Å². The molecule has 3 aromatic rings. The number of nitrogens with zero attached hydrogens (tertiary/aromatic N) is 3. The SMILES string of the molecule is Cc1nc2ccccn2c1CN1C(=O)N[C@@](C)(c2ccsc2)C1=O. The molecule has 1 N–H and O–H groups in total. The Morgan fingerprint density at radius 2 is 2.12 bits per heavy atom. The first-order valence-electron chi connectivity index (χ1n) is 7.60. The highest BCUT2D eigenvalue weighted by molar-refractivity contribution is 7.08. The second-order valence-corrected chi connectivity index (χ2v) is 6.81. The van der Waals surface area contributed by atoms with Crippen molar-refractivity contribution in [2.75, 3.05) is 0 Å². The van der Waals surface area contributed by atoms with Gasteiger partial charge in [-0.3, -0.25) is 9.69 Å². The number of hydrogen-bond acceptors (Lipinski definition) is 4. The Bertz CT molecular complexity index is 947. The van der Waals surface area contributed by atoms with Crippen molar-refractivity contribution in [3.63, 3.8) is 0 Å². The summed E-state index contributed by atoms with van der Waals surface area (Å²) in [5, 5.41) is 6.62. The van der Waals surface area contributed by atoms with Crippen molar-refractivity contribution in [1.82, 2.24) is 19.6 Å². The van der Waals surface area contributed by atoms with E-state index in [1.54, 1.807) is 6.92 Å². The van der Waals surface area contributed by atoms with Gasteiger partial charge in [0.15, 0.2) is 0 Å². The van der Waals surface area contributed by atoms with E-state index < -0.39 is 5.54 Å². The van der Waals surface area contributed by atoms with Gasteiger partial charge in [-0.25, -0.2) is 9.78 Å². The normalized spacial score (nSPS) is 20.8. The number of imide groups is 1. The molecule has 4 rings (SSSR count). The van der Waals surface area contributed by atoms with Crippen molar-refractivity contribution in [1.29, 1.82) is 0 Å². The average molecular weight is 340 g/mol. The number of rotatable bonds is 3. The number of fused-ring (bicyclic) bond motifs is 1. The summed E-state index contributed by atoms with van der Waals surface area (Å²) in [5.74, 6) is -0.240. The Labute approximate surface area is 142 Å². The van der Waals surface area contributed by atoms with Gasteiger partial charge in [-0.1, -0.05) is 6.07 Å². The van der Waals surface area contributed by atoms with Crippen LogP contribution in [0, 0.1) is 6.92 Å². The van der Waals surface area contributed by atoms with Gasteiger partial charge in [0.1, 0.15) is 11.2 Å². The average Bonchev–Trinajstić information content (AvgIpc) is 3.24. The number of carbonyl (C=O) groups is 2. The first kappa shape index (κ1) is 14.9. The van der Waals surface area contributed by atoms with E-state index in [9.17, 15) is 9.59 Å². The van der Waals surface area contributed by atoms with E-state index in [1.807, 2.05) is 52.5 Å². The van der Waals surface area contributed by atoms with Gasteiger partial charge in [-0.2, -0.15) is 11.3 Å². The third kappa shape index (κ3) is 2.05. The summed E-state index contributed by atoms with van der Waals surface area (Å²) < 4.78 is 1.91. The highest BCUT2D eigenvalue weighted by Crippen LogP contribution is 2.31. The Morgan fingerprint density at radius 3 is 2.88 bits per heavy atom. The molecule has 1 fully saturated rings. The van der Waals surface area contributed by atoms with Crippen LogP contribution in [0.25, 0.3) is 5.65 Å². The maximum Gasteiger partial charge on any atom is 0.325 e. The maximum atomic E-state index is 12.9. The van der Waals surface area contributed by atoms with E-state index in [4.69, 9.17) is 0 Å². The fourth-order valence-corrected chi connectivity index (χ4v) is 3.85. The third-order valence-electron chi connectivity index (χ3n) is 4.51. The molecule has 0 aromatic carbocycles. The van der Waals surface area contributed by atoms with E-state index in [2.05, 4.69) is 10.3 Å². The lowest BCUT2D eigenvalue weighted by Crippen LogP contribution is -2.40. The zero-order valence-electron chi connectivity index (χ0n) is 13.3. The number of thiophene rings is 1. The maximum absolute atomic E-state index is 12.9. The molecule has 1 aliphatic heterocycles. The Morgan fingerprint density at radius 1 is 1.29 bits per heavy atom. The molecule has 0 bridgehead atoms. The number of hydrogen-bond donors (Lipinski definition) is 1. The Balaban J connectivity index is 1.71. The molecule has 122 valence electrons. The molecule has 0 radical (unpaired) electrons. The van der Waals surface area contributed by atoms with Crippen molar-refractivity contribution in [3.8, 4) is 0 Å². The lowest BCUT2D eigenvalue weighted by atomic mass is 9.95. The smallest absolute Gasteiger partial charge is 0.319 e. The molecule has 0 spiro atoms. The molecule has 0 unspecified atom stereocenters. The summed E-state index contributed by atoms with van der Waals surface area (Å²) in [7, 11) is 0. The lowest BCUT2D eigenvalue weighted by Gasteiger charge is -2.20. The predicted molar refractivity (Wildman–Crippen MR) is 90.7 cm³/mol. The Kier molecular flexibility index (Phi) is 3.21. The highest BCUT2D eigenvalue weighted by atomic mass is 32.1. The summed E-state index contributed by atoms with van der Waals surface area (Å²) >= 11 is 1.50. The minimum absolute atomic E-state index is 0.196. The zero-order chi connectivity index (χ0) is 16.9. The summed E-state index contributed by atoms with van der Waals surface area (Å²) in [5.41, 5.74) is 2.25. The van der Waals surface area contributed by atoms with Crippen molar-refractivity contribution < 1.29 is 9.59 Å². The van der Waals surface area contributed by atoms with Gasteiger partial charge in [0.2, 0.25) is 0 Å². The second-order valence-electron chi connectivity index (χ2n) is 6.03. The molecule has 1 atom stereocenters. The van der Waals surface area contributed by atoms with Crippen LogP contribution in [0.4, 0.5) is 4.79 Å². The van der Waals surface area contributed by atoms with E-state index >= 15 is 0 Å². The standard InChI is InChI=1S/C17H16N4O2S/c1-11-13(20-7-4-3-5-14(20)18-11)9-21-15(22)17(2,19-16(21)23)12-6-8-24-10-12/h3-8,10H,9H2,1-2H3,(H,19,23)/t17-/m0/s1. The monoisotopic (exact) mass is 340 g/mol. The van der Waals surface area contributed by atoms with Crippen LogP contribution in [-0.4, -0.2) is 26.2 Å². The van der Waals surface area contributed by atoms with Crippen LogP contribution >= 0.6 is 11.3 Å². The number of carbonyl (C=O) groups excluding carboxylic acids is 2. The van der Waals surface area contributed by atoms with Gasteiger partial charge < -0.3 is 9.72 Å². The molecule has 6 nitrogen and oxygen atoms in total. The topological polar surface area (TPSA) is 66.7 Å². The van der Waals surface area contributed by atoms with E-state index in [1.165, 1.54) is 16.2 Å². The minimum atomic E-state index is -1.01. The molecule has 1 saturated heterocycles. The molecule has 0 aliphatic carbocycles. The molecular weight excluding hydrogens is 324 g/mol. The van der Waals surface area contributed by atoms with E-state index in [0.29, 0.717) is 0 Å². The molecule has 24 heavy (non-hydrogen) atoms. The van der Waals surface area contributed by atoms with Crippen molar-refractivity contribution in [2.45, 2.75) is 25.9 Å². The fourth-order valence-electron chi connectivity index (χ4n) is 3.09. The van der Waals surface area contributed by atoms with Gasteiger partial charge in [-0.05, 0) is 48.4 Å². The van der Waals surface area contributed by atoms with Crippen molar-refractivity contribution >= 4 is 28.9 Å². The summed E-state index contributed by atoms with van der Waals surface area (Å²) in [6, 6.07) is 7.20. The molecule has 3 amide bonds. The lowest BCUT2D eigenvalue weighted by molar-refractivity contribution is -0.131. The molecule has 3 aromatic heterocycles. The first-order valence-corrected chi connectivity index (χ1v) is 8.54. The predicted octanol–water partition coefficient (Wildman–Crippen LogP) is 2.67. The summed E-state index contributed by atoms with van der Waals surface area (Å²) in [6.45, 7) is 3.83. The van der Waals surface area contributed by atoms with Crippen LogP contribution in [0.15, 0.2) is 41.2 Å². The van der Waals surface area contributed by atoms with Crippen molar-refractivity contribution in [3.05, 3.63) is 58.2 Å².